The van der Waals surface area contributed by atoms with Gasteiger partial charge in [0.2, 0.25) is 0 Å². The first-order valence-electron chi connectivity index (χ1n) is 5.47. The van der Waals surface area contributed by atoms with Crippen LogP contribution in [0.5, 0.6) is 0 Å². The van der Waals surface area contributed by atoms with Gasteiger partial charge in [0.05, 0.1) is 7.11 Å². The lowest BCUT2D eigenvalue weighted by Gasteiger charge is -2.19. The maximum atomic E-state index is 11.9. The van der Waals surface area contributed by atoms with E-state index in [-0.39, 0.29) is 16.8 Å². The van der Waals surface area contributed by atoms with E-state index in [1.165, 1.54) is 13.2 Å². The van der Waals surface area contributed by atoms with E-state index in [2.05, 4.69) is 15.0 Å². The van der Waals surface area contributed by atoms with Crippen molar-refractivity contribution in [3.63, 3.8) is 0 Å². The van der Waals surface area contributed by atoms with Crippen LogP contribution in [0.2, 0.25) is 5.15 Å². The molecule has 1 atom stereocenters. The number of hydrogen-bond donors (Lipinski definition) is 1. The smallest absolute Gasteiger partial charge is 0.328 e. The Labute approximate surface area is 110 Å². The molecule has 1 rings (SSSR count). The van der Waals surface area contributed by atoms with Crippen LogP contribution in [0.3, 0.4) is 0 Å². The highest BCUT2D eigenvalue weighted by molar-refractivity contribution is 6.29. The number of ether oxygens (including phenoxy) is 1. The van der Waals surface area contributed by atoms with E-state index in [1.807, 2.05) is 13.8 Å². The van der Waals surface area contributed by atoms with Gasteiger partial charge in [0.15, 0.2) is 0 Å². The summed E-state index contributed by atoms with van der Waals surface area (Å²) in [5, 5.41) is 2.80. The maximum absolute atomic E-state index is 11.9. The van der Waals surface area contributed by atoms with Crippen molar-refractivity contribution in [2.24, 2.45) is 5.92 Å². The molecular formula is C12H15ClN2O3. The Morgan fingerprint density at radius 1 is 1.39 bits per heavy atom. The molecular weight excluding hydrogens is 256 g/mol. The van der Waals surface area contributed by atoms with Crippen LogP contribution in [-0.4, -0.2) is 30.0 Å². The third kappa shape index (κ3) is 3.70. The molecule has 0 aliphatic heterocycles. The second kappa shape index (κ2) is 6.35. The van der Waals surface area contributed by atoms with Gasteiger partial charge in [0.25, 0.3) is 5.91 Å². The summed E-state index contributed by atoms with van der Waals surface area (Å²) in [6.07, 6.45) is 0. The summed E-state index contributed by atoms with van der Waals surface area (Å²) in [4.78, 5) is 27.3. The first-order valence-corrected chi connectivity index (χ1v) is 5.84. The van der Waals surface area contributed by atoms with E-state index < -0.39 is 17.9 Å². The molecule has 1 N–H and O–H groups in total. The second-order valence-electron chi connectivity index (χ2n) is 4.06. The molecule has 0 fully saturated rings. The van der Waals surface area contributed by atoms with Gasteiger partial charge in [-0.05, 0) is 18.1 Å². The molecule has 0 saturated carbocycles. The minimum absolute atomic E-state index is 0.0828. The molecule has 1 amide bonds. The highest BCUT2D eigenvalue weighted by Gasteiger charge is 2.25. The van der Waals surface area contributed by atoms with Crippen LogP contribution in [-0.2, 0) is 9.53 Å². The highest BCUT2D eigenvalue weighted by atomic mass is 35.5. The fourth-order valence-electron chi connectivity index (χ4n) is 1.37. The van der Waals surface area contributed by atoms with E-state index in [9.17, 15) is 9.59 Å². The van der Waals surface area contributed by atoms with Crippen LogP contribution >= 0.6 is 11.6 Å². The van der Waals surface area contributed by atoms with Crippen LogP contribution in [0.4, 0.5) is 0 Å². The molecule has 0 radical (unpaired) electrons. The minimum Gasteiger partial charge on any atom is -0.467 e. The zero-order valence-corrected chi connectivity index (χ0v) is 11.2. The van der Waals surface area contributed by atoms with E-state index in [4.69, 9.17) is 11.6 Å². The number of hydrogen-bond acceptors (Lipinski definition) is 4. The number of carbonyl (C=O) groups is 2. The van der Waals surface area contributed by atoms with Gasteiger partial charge in [-0.1, -0.05) is 31.5 Å². The Morgan fingerprint density at radius 3 is 2.56 bits per heavy atom. The van der Waals surface area contributed by atoms with Gasteiger partial charge in [0.1, 0.15) is 16.9 Å². The maximum Gasteiger partial charge on any atom is 0.328 e. The standard InChI is InChI=1S/C12H15ClN2O3/c1-7(2)10(12(17)18-3)15-11(16)8-5-4-6-9(13)14-8/h4-7,10H,1-3H3,(H,15,16). The molecule has 0 bridgehead atoms. The van der Waals surface area contributed by atoms with Crippen LogP contribution < -0.4 is 5.32 Å². The Balaban J connectivity index is 2.82. The largest absolute Gasteiger partial charge is 0.467 e. The summed E-state index contributed by atoms with van der Waals surface area (Å²) in [7, 11) is 1.28. The van der Waals surface area contributed by atoms with E-state index in [0.717, 1.165) is 0 Å². The summed E-state index contributed by atoms with van der Waals surface area (Å²) in [5.74, 6) is -1.03. The lowest BCUT2D eigenvalue weighted by molar-refractivity contribution is -0.144. The van der Waals surface area contributed by atoms with Gasteiger partial charge in [0, 0.05) is 0 Å². The molecule has 0 aromatic carbocycles. The number of aromatic nitrogens is 1. The first kappa shape index (κ1) is 14.4. The van der Waals surface area contributed by atoms with Gasteiger partial charge < -0.3 is 10.1 Å². The average molecular weight is 271 g/mol. The molecule has 18 heavy (non-hydrogen) atoms. The molecule has 1 aromatic rings. The van der Waals surface area contributed by atoms with Crippen molar-refractivity contribution >= 4 is 23.5 Å². The number of pyridine rings is 1. The number of halogens is 1. The molecule has 1 unspecified atom stereocenters. The van der Waals surface area contributed by atoms with Gasteiger partial charge in [-0.3, -0.25) is 4.79 Å². The number of methoxy groups -OCH3 is 1. The Kier molecular flexibility index (Phi) is 5.09. The van der Waals surface area contributed by atoms with E-state index in [1.54, 1.807) is 12.1 Å². The average Bonchev–Trinajstić information content (AvgIpc) is 2.34. The van der Waals surface area contributed by atoms with Gasteiger partial charge in [-0.25, -0.2) is 9.78 Å². The summed E-state index contributed by atoms with van der Waals surface area (Å²) < 4.78 is 4.63. The Morgan fingerprint density at radius 2 is 2.06 bits per heavy atom. The summed E-state index contributed by atoms with van der Waals surface area (Å²) in [5.41, 5.74) is 0.164. The lowest BCUT2D eigenvalue weighted by atomic mass is 10.0. The quantitative estimate of drug-likeness (QED) is 0.667. The third-order valence-corrected chi connectivity index (χ3v) is 2.57. The van der Waals surface area contributed by atoms with Crippen molar-refractivity contribution in [1.29, 1.82) is 0 Å². The Hall–Kier alpha value is -1.62. The van der Waals surface area contributed by atoms with Gasteiger partial charge >= 0.3 is 5.97 Å². The van der Waals surface area contributed by atoms with Crippen molar-refractivity contribution in [1.82, 2.24) is 10.3 Å². The number of rotatable bonds is 4. The summed E-state index contributed by atoms with van der Waals surface area (Å²) in [6.45, 7) is 3.63. The zero-order chi connectivity index (χ0) is 13.7. The molecule has 98 valence electrons. The number of esters is 1. The number of amides is 1. The van der Waals surface area contributed by atoms with Crippen molar-refractivity contribution < 1.29 is 14.3 Å². The molecule has 0 aliphatic rings. The van der Waals surface area contributed by atoms with Gasteiger partial charge in [-0.2, -0.15) is 0 Å². The molecule has 0 saturated heterocycles. The predicted molar refractivity (Wildman–Crippen MR) is 67.4 cm³/mol. The van der Waals surface area contributed by atoms with Crippen LogP contribution in [0.1, 0.15) is 24.3 Å². The van der Waals surface area contributed by atoms with Crippen LogP contribution in [0, 0.1) is 5.92 Å². The van der Waals surface area contributed by atoms with E-state index in [0.29, 0.717) is 0 Å². The molecule has 0 spiro atoms. The fraction of sp³-hybridized carbons (Fsp3) is 0.417. The third-order valence-electron chi connectivity index (χ3n) is 2.36. The fourth-order valence-corrected chi connectivity index (χ4v) is 1.54. The zero-order valence-electron chi connectivity index (χ0n) is 10.4. The first-order chi connectivity index (χ1) is 8.45. The highest BCUT2D eigenvalue weighted by Crippen LogP contribution is 2.08. The summed E-state index contributed by atoms with van der Waals surface area (Å²) in [6, 6.07) is 4.00. The SMILES string of the molecule is COC(=O)C(NC(=O)c1cccc(Cl)n1)C(C)C. The number of nitrogens with one attached hydrogen (secondary N) is 1. The molecule has 6 heteroatoms. The molecule has 0 aliphatic carbocycles. The van der Waals surface area contributed by atoms with Gasteiger partial charge in [-0.15, -0.1) is 0 Å². The normalized spacial score (nSPS) is 12.1. The van der Waals surface area contributed by atoms with E-state index >= 15 is 0 Å². The topological polar surface area (TPSA) is 68.3 Å². The van der Waals surface area contributed by atoms with Crippen molar-refractivity contribution in [3.05, 3.63) is 29.0 Å². The van der Waals surface area contributed by atoms with Crippen molar-refractivity contribution in [3.8, 4) is 0 Å². The second-order valence-corrected chi connectivity index (χ2v) is 4.45. The summed E-state index contributed by atoms with van der Waals surface area (Å²) >= 11 is 5.70. The van der Waals surface area contributed by atoms with Crippen LogP contribution in [0.15, 0.2) is 18.2 Å². The molecule has 1 aromatic heterocycles. The minimum atomic E-state index is -0.705. The van der Waals surface area contributed by atoms with Crippen molar-refractivity contribution in [2.75, 3.05) is 7.11 Å². The Bertz CT molecular complexity index is 449. The molecule has 5 nitrogen and oxygen atoms in total. The molecule has 1 heterocycles. The van der Waals surface area contributed by atoms with Crippen LogP contribution in [0.25, 0.3) is 0 Å². The number of nitrogens with zero attached hydrogens (tertiary/aromatic N) is 1. The number of carbonyl (C=O) groups excluding carboxylic acids is 2. The lowest BCUT2D eigenvalue weighted by Crippen LogP contribution is -2.45. The predicted octanol–water partition coefficient (Wildman–Crippen LogP) is 1.66. The van der Waals surface area contributed by atoms with Crippen molar-refractivity contribution in [2.45, 2.75) is 19.9 Å². The monoisotopic (exact) mass is 270 g/mol.